The van der Waals surface area contributed by atoms with Gasteiger partial charge in [0.15, 0.2) is 0 Å². The van der Waals surface area contributed by atoms with E-state index in [1.165, 1.54) is 24.3 Å². The van der Waals surface area contributed by atoms with E-state index in [1.54, 1.807) is 36.5 Å². The second-order valence-corrected chi connectivity index (χ2v) is 19.0. The summed E-state index contributed by atoms with van der Waals surface area (Å²) in [6, 6.07) is 24.9. The molecule has 0 aliphatic carbocycles. The van der Waals surface area contributed by atoms with Gasteiger partial charge in [-0.15, -0.1) is 0 Å². The lowest BCUT2D eigenvalue weighted by Gasteiger charge is -2.25. The van der Waals surface area contributed by atoms with Gasteiger partial charge in [0, 0.05) is 43.0 Å². The highest BCUT2D eigenvalue weighted by atomic mass is 32.3. The highest BCUT2D eigenvalue weighted by Crippen LogP contribution is 2.20. The molecule has 5 rings (SSSR count). The molecule has 76 heavy (non-hydrogen) atoms. The van der Waals surface area contributed by atoms with Crippen LogP contribution in [0, 0.1) is 0 Å². The molecule has 5 atom stereocenters. The number of nitrogens with one attached hydrogen (secondary N) is 7. The van der Waals surface area contributed by atoms with Crippen LogP contribution in [0.5, 0.6) is 5.75 Å². The molecule has 5 amide bonds. The molecular formula is C54H67N7O14S. The van der Waals surface area contributed by atoms with Crippen LogP contribution >= 0.6 is 0 Å². The van der Waals surface area contributed by atoms with Crippen LogP contribution in [-0.4, -0.2) is 115 Å². The molecule has 0 aliphatic heterocycles. The first-order valence-electron chi connectivity index (χ1n) is 25.1. The van der Waals surface area contributed by atoms with E-state index in [4.69, 9.17) is 14.0 Å². The number of carbonyl (C=O) groups excluding carboxylic acids is 6. The van der Waals surface area contributed by atoms with Crippen LogP contribution in [0.2, 0.25) is 0 Å². The number of aliphatic carboxylic acids is 1. The summed E-state index contributed by atoms with van der Waals surface area (Å²) in [6.45, 7) is 3.68. The van der Waals surface area contributed by atoms with Crippen molar-refractivity contribution in [3.63, 3.8) is 0 Å². The molecular weight excluding hydrogens is 1000 g/mol. The summed E-state index contributed by atoms with van der Waals surface area (Å²) in [4.78, 5) is 97.4. The number of alkyl carbamates (subject to hydrolysis) is 1. The number of amides is 5. The Hall–Kier alpha value is -7.82. The SMILES string of the molecule is CCCC[C@H](NC(=O)[C@H](Cc1ccc(OS(=O)(=O)O)cc1)NC(=O)OCc1ccccc1)C(=O)NCCN[C@@H](Cc1c[nH]c2ccccc12)C(=O)N[C@@H](CCCC)C(=O)N[C@@H](CC(=O)O)C(=O)OCCc1ccccc1. The fourth-order valence-electron chi connectivity index (χ4n) is 8.04. The average Bonchev–Trinajstić information content (AvgIpc) is 3.81. The summed E-state index contributed by atoms with van der Waals surface area (Å²) in [6.07, 6.45) is 3.24. The molecule has 0 spiro atoms. The number of hydrogen-bond donors (Lipinski definition) is 9. The predicted octanol–water partition coefficient (Wildman–Crippen LogP) is 4.60. The number of rotatable bonds is 32. The number of carboxylic acids is 1. The Balaban J connectivity index is 1.27. The Kier molecular flexibility index (Phi) is 23.7. The van der Waals surface area contributed by atoms with Gasteiger partial charge in [0.05, 0.1) is 19.1 Å². The maximum absolute atomic E-state index is 14.3. The Morgan fingerprint density at radius 2 is 1.18 bits per heavy atom. The van der Waals surface area contributed by atoms with E-state index in [1.807, 2.05) is 68.4 Å². The molecule has 1 aromatic heterocycles. The van der Waals surface area contributed by atoms with Crippen LogP contribution < -0.4 is 36.1 Å². The van der Waals surface area contributed by atoms with Gasteiger partial charge < -0.3 is 55.6 Å². The standard InChI is InChI=1S/C54H67N7O14S/c1-3-5-20-43(58-52(67)46(61-54(69)74-35-38-17-11-8-12-18-38)31-37-23-25-40(26-24-37)75-76(70,71)72)49(64)56-29-28-55-45(32-39-34-57-42-22-14-13-19-41(39)42)51(66)59-44(21-6-4-2)50(65)60-47(33-48(62)63)53(68)73-30-27-36-15-9-7-10-16-36/h7-19,22-26,34,43-47,55,57H,3-6,20-21,27-33,35H2,1-2H3,(H,56,64)(H,58,67)(H,59,66)(H,60,65)(H,61,69)(H,62,63)(H,70,71,72)/t43-,44-,45-,46-,47-/m0/s1. The first-order valence-corrected chi connectivity index (χ1v) is 26.5. The largest absolute Gasteiger partial charge is 0.481 e. The Morgan fingerprint density at radius 3 is 1.82 bits per heavy atom. The number of unbranched alkanes of at least 4 members (excludes halogenated alkanes) is 2. The summed E-state index contributed by atoms with van der Waals surface area (Å²) >= 11 is 0. The van der Waals surface area contributed by atoms with Gasteiger partial charge in [-0.05, 0) is 59.7 Å². The zero-order valence-corrected chi connectivity index (χ0v) is 43.3. The summed E-state index contributed by atoms with van der Waals surface area (Å²) in [5.74, 6) is -5.10. The monoisotopic (exact) mass is 1070 g/mol. The number of fused-ring (bicyclic) bond motifs is 1. The molecule has 0 fully saturated rings. The van der Waals surface area contributed by atoms with Crippen LogP contribution in [0.1, 0.15) is 81.0 Å². The van der Waals surface area contributed by atoms with Crippen molar-refractivity contribution in [3.05, 3.63) is 138 Å². The van der Waals surface area contributed by atoms with Crippen molar-refractivity contribution in [1.82, 2.24) is 36.9 Å². The van der Waals surface area contributed by atoms with E-state index >= 15 is 0 Å². The lowest BCUT2D eigenvalue weighted by Crippen LogP contribution is -2.57. The van der Waals surface area contributed by atoms with Crippen molar-refractivity contribution in [2.45, 2.75) is 115 Å². The van der Waals surface area contributed by atoms with Gasteiger partial charge in [-0.1, -0.05) is 131 Å². The maximum atomic E-state index is 14.3. The van der Waals surface area contributed by atoms with E-state index in [2.05, 4.69) is 41.1 Å². The lowest BCUT2D eigenvalue weighted by molar-refractivity contribution is -0.152. The number of ether oxygens (including phenoxy) is 2. The number of aromatic nitrogens is 1. The molecule has 0 aliphatic rings. The number of aromatic amines is 1. The van der Waals surface area contributed by atoms with E-state index in [0.717, 1.165) is 22.0 Å². The molecule has 21 nitrogen and oxygen atoms in total. The first kappa shape index (κ1) is 59.1. The third-order valence-electron chi connectivity index (χ3n) is 12.0. The molecule has 408 valence electrons. The van der Waals surface area contributed by atoms with E-state index in [0.29, 0.717) is 43.2 Å². The van der Waals surface area contributed by atoms with Crippen LogP contribution in [0.4, 0.5) is 4.79 Å². The quantitative estimate of drug-likeness (QED) is 0.0162. The number of benzene rings is 4. The fraction of sp³-hybridized carbons (Fsp3) is 0.389. The van der Waals surface area contributed by atoms with E-state index < -0.39 is 88.7 Å². The first-order chi connectivity index (χ1) is 36.5. The second-order valence-electron chi connectivity index (χ2n) is 17.9. The van der Waals surface area contributed by atoms with E-state index in [-0.39, 0.29) is 57.7 Å². The summed E-state index contributed by atoms with van der Waals surface area (Å²) in [5.41, 5.74) is 3.65. The Bertz CT molecular complexity index is 2800. The number of carbonyl (C=O) groups is 7. The Labute approximate surface area is 441 Å². The van der Waals surface area contributed by atoms with Crippen molar-refractivity contribution in [2.75, 3.05) is 19.7 Å². The molecule has 0 bridgehead atoms. The molecule has 0 saturated heterocycles. The van der Waals surface area contributed by atoms with Crippen molar-refractivity contribution in [1.29, 1.82) is 0 Å². The predicted molar refractivity (Wildman–Crippen MR) is 281 cm³/mol. The van der Waals surface area contributed by atoms with Gasteiger partial charge in [0.1, 0.15) is 36.5 Å². The summed E-state index contributed by atoms with van der Waals surface area (Å²) in [5, 5.41) is 27.2. The van der Waals surface area contributed by atoms with Gasteiger partial charge in [0.25, 0.3) is 0 Å². The van der Waals surface area contributed by atoms with Crippen molar-refractivity contribution >= 4 is 63.0 Å². The van der Waals surface area contributed by atoms with Crippen LogP contribution in [0.3, 0.4) is 0 Å². The molecule has 1 heterocycles. The third kappa shape index (κ3) is 20.5. The van der Waals surface area contributed by atoms with Gasteiger partial charge >= 0.3 is 28.4 Å². The fourth-order valence-corrected chi connectivity index (χ4v) is 8.40. The van der Waals surface area contributed by atoms with Crippen LogP contribution in [0.15, 0.2) is 115 Å². The number of esters is 1. The second kappa shape index (κ2) is 30.5. The zero-order valence-electron chi connectivity index (χ0n) is 42.5. The van der Waals surface area contributed by atoms with Crippen LogP contribution in [-0.2, 0) is 74.5 Å². The number of para-hydroxylation sites is 1. The maximum Gasteiger partial charge on any atom is 0.446 e. The number of carboxylic acid groups (broad SMARTS) is 1. The van der Waals surface area contributed by atoms with Crippen molar-refractivity contribution in [3.8, 4) is 5.75 Å². The minimum atomic E-state index is -4.80. The highest BCUT2D eigenvalue weighted by Gasteiger charge is 2.32. The molecule has 0 saturated carbocycles. The molecule has 0 radical (unpaired) electrons. The minimum absolute atomic E-state index is 0.0243. The molecule has 0 unspecified atom stereocenters. The van der Waals surface area contributed by atoms with Gasteiger partial charge in [-0.25, -0.2) is 9.59 Å². The normalized spacial score (nSPS) is 13.2. The summed E-state index contributed by atoms with van der Waals surface area (Å²) < 4.78 is 46.8. The summed E-state index contributed by atoms with van der Waals surface area (Å²) in [7, 11) is -4.80. The number of H-pyrrole nitrogens is 1. The highest BCUT2D eigenvalue weighted by molar-refractivity contribution is 7.81. The third-order valence-corrected chi connectivity index (χ3v) is 12.4. The topological polar surface area (TPSA) is 310 Å². The van der Waals surface area contributed by atoms with Gasteiger partial charge in [-0.3, -0.25) is 28.5 Å². The molecule has 5 aromatic rings. The van der Waals surface area contributed by atoms with Crippen molar-refractivity contribution < 1.29 is 65.3 Å². The van der Waals surface area contributed by atoms with Crippen molar-refractivity contribution in [2.24, 2.45) is 0 Å². The van der Waals surface area contributed by atoms with Gasteiger partial charge in [-0.2, -0.15) is 8.42 Å². The lowest BCUT2D eigenvalue weighted by atomic mass is 10.0. The van der Waals surface area contributed by atoms with Gasteiger partial charge in [0.2, 0.25) is 23.6 Å². The number of hydrogen-bond acceptors (Lipinski definition) is 13. The molecule has 9 N–H and O–H groups in total. The molecule has 22 heteroatoms. The van der Waals surface area contributed by atoms with E-state index in [9.17, 15) is 47.1 Å². The van der Waals surface area contributed by atoms with Crippen LogP contribution in [0.25, 0.3) is 10.9 Å². The average molecular weight is 1070 g/mol. The molecule has 4 aromatic carbocycles. The smallest absolute Gasteiger partial charge is 0.446 e. The Morgan fingerprint density at radius 1 is 0.605 bits per heavy atom. The minimum Gasteiger partial charge on any atom is -0.481 e. The zero-order chi connectivity index (χ0) is 54.9.